The van der Waals surface area contributed by atoms with E-state index in [1.165, 1.54) is 4.68 Å². The zero-order valence-electron chi connectivity index (χ0n) is 17.2. The average molecular weight is 393 g/mol. The van der Waals surface area contributed by atoms with E-state index in [9.17, 15) is 4.79 Å². The van der Waals surface area contributed by atoms with Crippen LogP contribution in [0.25, 0.3) is 16.6 Å². The summed E-state index contributed by atoms with van der Waals surface area (Å²) in [5.74, 6) is 0.868. The molecule has 0 saturated carbocycles. The minimum atomic E-state index is -0.146. The zero-order valence-corrected chi connectivity index (χ0v) is 17.2. The van der Waals surface area contributed by atoms with E-state index in [0.29, 0.717) is 10.9 Å². The largest absolute Gasteiger partial charge is 0.354 e. The molecular formula is C22H28N6O. The lowest BCUT2D eigenvalue weighted by atomic mass is 10.3. The fraction of sp³-hybridized carbons (Fsp3) is 0.318. The van der Waals surface area contributed by atoms with Crippen LogP contribution in [0.2, 0.25) is 0 Å². The maximum Gasteiger partial charge on any atom is 0.280 e. The van der Waals surface area contributed by atoms with Gasteiger partial charge in [0.25, 0.3) is 5.56 Å². The van der Waals surface area contributed by atoms with E-state index < -0.39 is 0 Å². The van der Waals surface area contributed by atoms with Crippen molar-refractivity contribution in [1.82, 2.24) is 25.1 Å². The number of rotatable bonds is 2. The second kappa shape index (κ2) is 9.84. The van der Waals surface area contributed by atoms with Crippen LogP contribution in [0.4, 0.5) is 5.82 Å². The van der Waals surface area contributed by atoms with E-state index in [0.717, 1.165) is 43.4 Å². The van der Waals surface area contributed by atoms with Crippen LogP contribution in [0.3, 0.4) is 0 Å². The van der Waals surface area contributed by atoms with Crippen molar-refractivity contribution in [1.29, 1.82) is 0 Å². The Morgan fingerprint density at radius 2 is 1.66 bits per heavy atom. The van der Waals surface area contributed by atoms with Crippen LogP contribution in [0.1, 0.15) is 19.5 Å². The Morgan fingerprint density at radius 3 is 2.38 bits per heavy atom. The summed E-state index contributed by atoms with van der Waals surface area (Å²) in [4.78, 5) is 24.2. The summed E-state index contributed by atoms with van der Waals surface area (Å²) in [5, 5.41) is 7.00. The number of aromatic amines is 1. The summed E-state index contributed by atoms with van der Waals surface area (Å²) in [6.07, 6.45) is 3.32. The van der Waals surface area contributed by atoms with Crippen LogP contribution in [0.5, 0.6) is 0 Å². The maximum absolute atomic E-state index is 12.9. The van der Waals surface area contributed by atoms with Gasteiger partial charge in [0.05, 0.1) is 22.8 Å². The molecule has 3 heterocycles. The van der Waals surface area contributed by atoms with Gasteiger partial charge in [-0.05, 0) is 31.2 Å². The molecule has 152 valence electrons. The number of aryl methyl sites for hydroxylation is 1. The summed E-state index contributed by atoms with van der Waals surface area (Å²) in [6.45, 7) is 9.57. The lowest BCUT2D eigenvalue weighted by Crippen LogP contribution is -2.43. The Morgan fingerprint density at radius 1 is 0.931 bits per heavy atom. The second-order valence-corrected chi connectivity index (χ2v) is 6.50. The van der Waals surface area contributed by atoms with Crippen LogP contribution >= 0.6 is 0 Å². The normalized spacial score (nSPS) is 13.4. The van der Waals surface area contributed by atoms with E-state index in [1.54, 1.807) is 12.4 Å². The highest BCUT2D eigenvalue weighted by Gasteiger charge is 2.11. The fourth-order valence-corrected chi connectivity index (χ4v) is 3.11. The number of fused-ring (bicyclic) bond motifs is 1. The van der Waals surface area contributed by atoms with E-state index in [4.69, 9.17) is 0 Å². The highest BCUT2D eigenvalue weighted by Crippen LogP contribution is 2.12. The minimum Gasteiger partial charge on any atom is -0.354 e. The summed E-state index contributed by atoms with van der Waals surface area (Å²) in [7, 11) is 0. The van der Waals surface area contributed by atoms with E-state index in [1.807, 2.05) is 63.2 Å². The molecule has 1 aliphatic rings. The summed E-state index contributed by atoms with van der Waals surface area (Å²) in [5.41, 5.74) is 2.09. The van der Waals surface area contributed by atoms with Crippen molar-refractivity contribution in [3.8, 4) is 5.69 Å². The van der Waals surface area contributed by atoms with Crippen LogP contribution in [0, 0.1) is 6.92 Å². The number of anilines is 1. The highest BCUT2D eigenvalue weighted by atomic mass is 16.1. The third-order valence-corrected chi connectivity index (χ3v) is 4.61. The number of nitrogens with zero attached hydrogens (tertiary/aromatic N) is 4. The number of piperazine rings is 1. The predicted molar refractivity (Wildman–Crippen MR) is 118 cm³/mol. The third kappa shape index (κ3) is 4.81. The van der Waals surface area contributed by atoms with Gasteiger partial charge in [0.2, 0.25) is 0 Å². The molecule has 0 unspecified atom stereocenters. The van der Waals surface area contributed by atoms with Crippen molar-refractivity contribution < 1.29 is 0 Å². The van der Waals surface area contributed by atoms with Gasteiger partial charge in [-0.3, -0.25) is 14.9 Å². The third-order valence-electron chi connectivity index (χ3n) is 4.61. The monoisotopic (exact) mass is 392 g/mol. The van der Waals surface area contributed by atoms with E-state index in [-0.39, 0.29) is 5.56 Å². The molecular weight excluding hydrogens is 364 g/mol. The van der Waals surface area contributed by atoms with Gasteiger partial charge in [0.15, 0.2) is 0 Å². The van der Waals surface area contributed by atoms with Gasteiger partial charge in [-0.1, -0.05) is 32.0 Å². The van der Waals surface area contributed by atoms with Gasteiger partial charge >= 0.3 is 0 Å². The molecule has 3 aromatic rings. The van der Waals surface area contributed by atoms with Crippen molar-refractivity contribution in [2.45, 2.75) is 20.8 Å². The van der Waals surface area contributed by atoms with Crippen LogP contribution in [0.15, 0.2) is 59.7 Å². The van der Waals surface area contributed by atoms with Crippen LogP contribution in [-0.4, -0.2) is 45.9 Å². The number of hydrogen-bond donors (Lipinski definition) is 2. The number of H-pyrrole nitrogens is 1. The molecule has 4 rings (SSSR count). The van der Waals surface area contributed by atoms with Crippen LogP contribution in [-0.2, 0) is 0 Å². The summed E-state index contributed by atoms with van der Waals surface area (Å²) in [6, 6.07) is 13.4. The topological polar surface area (TPSA) is 78.8 Å². The molecule has 1 aliphatic heterocycles. The fourth-order valence-electron chi connectivity index (χ4n) is 3.11. The molecule has 0 bridgehead atoms. The van der Waals surface area contributed by atoms with Crippen molar-refractivity contribution in [2.75, 3.05) is 31.1 Å². The smallest absolute Gasteiger partial charge is 0.280 e. The molecule has 2 N–H and O–H groups in total. The van der Waals surface area contributed by atoms with Crippen LogP contribution < -0.4 is 15.8 Å². The molecule has 0 atom stereocenters. The molecule has 0 radical (unpaired) electrons. The van der Waals surface area contributed by atoms with E-state index >= 15 is 0 Å². The zero-order chi connectivity index (χ0) is 20.6. The molecule has 1 aromatic carbocycles. The minimum absolute atomic E-state index is 0.146. The number of aromatic nitrogens is 4. The lowest BCUT2D eigenvalue weighted by Gasteiger charge is -2.27. The Bertz CT molecular complexity index is 1050. The number of benzene rings is 1. The highest BCUT2D eigenvalue weighted by molar-refractivity contribution is 5.76. The van der Waals surface area contributed by atoms with Gasteiger partial charge in [-0.25, -0.2) is 9.67 Å². The standard InChI is InChI=1S/C20H22N6O.C2H6/c1-15-7-8-19(25-11-9-21-10-12-25)23-14-18-17(13-22-15)20(27)26(24-18)16-5-3-2-4-6-16;1-2/h2-8,13-14,21,24H,9-12H2,1H3;1-2H3. The van der Waals surface area contributed by atoms with Gasteiger partial charge in [0, 0.05) is 38.1 Å². The van der Waals surface area contributed by atoms with Gasteiger partial charge in [-0.15, -0.1) is 0 Å². The first-order valence-electron chi connectivity index (χ1n) is 10.1. The molecule has 2 aromatic heterocycles. The summed E-state index contributed by atoms with van der Waals surface area (Å²) >= 11 is 0. The number of para-hydroxylation sites is 1. The molecule has 0 aliphatic carbocycles. The van der Waals surface area contributed by atoms with E-state index in [2.05, 4.69) is 25.3 Å². The lowest BCUT2D eigenvalue weighted by molar-refractivity contribution is 0.585. The quantitative estimate of drug-likeness (QED) is 0.701. The SMILES string of the molecule is CC.Cc1ccc(N2CCNCC2)ncc2[nH]n(-c3ccccc3)c(=O)c2cn1. The second-order valence-electron chi connectivity index (χ2n) is 6.50. The first kappa shape index (κ1) is 20.5. The van der Waals surface area contributed by atoms with Crippen molar-refractivity contribution in [2.24, 2.45) is 0 Å². The first-order chi connectivity index (χ1) is 14.2. The molecule has 1 fully saturated rings. The summed E-state index contributed by atoms with van der Waals surface area (Å²) < 4.78 is 1.52. The van der Waals surface area contributed by atoms with Crippen molar-refractivity contribution in [3.63, 3.8) is 0 Å². The molecule has 7 heteroatoms. The Balaban J connectivity index is 0.00000117. The maximum atomic E-state index is 12.9. The van der Waals surface area contributed by atoms with Gasteiger partial charge < -0.3 is 10.2 Å². The Hall–Kier alpha value is -3.19. The van der Waals surface area contributed by atoms with Gasteiger partial charge in [0.1, 0.15) is 5.82 Å². The molecule has 29 heavy (non-hydrogen) atoms. The number of nitrogens with one attached hydrogen (secondary N) is 2. The molecule has 1 saturated heterocycles. The Labute approximate surface area is 170 Å². The average Bonchev–Trinajstić information content (AvgIpc) is 3.10. The number of hydrogen-bond acceptors (Lipinski definition) is 5. The molecule has 0 amide bonds. The van der Waals surface area contributed by atoms with Crippen molar-refractivity contribution >= 4 is 16.7 Å². The van der Waals surface area contributed by atoms with Crippen molar-refractivity contribution in [3.05, 3.63) is 70.9 Å². The molecule has 7 nitrogen and oxygen atoms in total. The van der Waals surface area contributed by atoms with Gasteiger partial charge in [-0.2, -0.15) is 0 Å². The predicted octanol–water partition coefficient (Wildman–Crippen LogP) is 2.98. The first-order valence-corrected chi connectivity index (χ1v) is 10.1. The Kier molecular flexibility index (Phi) is 6.97. The molecule has 0 spiro atoms.